The molecule has 0 aliphatic carbocycles. The van der Waals surface area contributed by atoms with Gasteiger partial charge in [0.25, 0.3) is 5.91 Å². The van der Waals surface area contributed by atoms with Crippen molar-refractivity contribution >= 4 is 5.91 Å². The highest BCUT2D eigenvalue weighted by Gasteiger charge is 2.20. The highest BCUT2D eigenvalue weighted by atomic mass is 19.1. The van der Waals surface area contributed by atoms with Crippen molar-refractivity contribution < 1.29 is 13.6 Å². The molecular formula is C13H15F2NO. The van der Waals surface area contributed by atoms with Gasteiger partial charge in [0.2, 0.25) is 0 Å². The van der Waals surface area contributed by atoms with Gasteiger partial charge in [-0.15, -0.1) is 0 Å². The standard InChI is InChI=1S/C13H15F2NO/c14-10-5-6-12(15)11(9-10)13(17)16-7-3-1-2-4-8-16/h5-6,9H,1-4,7-8H2. The van der Waals surface area contributed by atoms with Crippen LogP contribution in [-0.2, 0) is 0 Å². The Balaban J connectivity index is 2.20. The second kappa shape index (κ2) is 5.25. The number of benzene rings is 1. The van der Waals surface area contributed by atoms with Crippen molar-refractivity contribution in [1.82, 2.24) is 4.90 Å². The fraction of sp³-hybridized carbons (Fsp3) is 0.462. The van der Waals surface area contributed by atoms with Crippen molar-refractivity contribution in [3.05, 3.63) is 35.4 Å². The Bertz CT molecular complexity index is 412. The number of halogens is 2. The summed E-state index contributed by atoms with van der Waals surface area (Å²) in [5, 5.41) is 0. The third kappa shape index (κ3) is 2.81. The minimum atomic E-state index is -0.652. The number of carbonyl (C=O) groups is 1. The molecule has 17 heavy (non-hydrogen) atoms. The van der Waals surface area contributed by atoms with Crippen LogP contribution in [0.1, 0.15) is 36.0 Å². The molecule has 0 saturated carbocycles. The van der Waals surface area contributed by atoms with Crippen LogP contribution < -0.4 is 0 Å². The second-order valence-corrected chi connectivity index (χ2v) is 4.33. The van der Waals surface area contributed by atoms with Gasteiger partial charge in [0.05, 0.1) is 5.56 Å². The first-order chi connectivity index (χ1) is 8.18. The predicted molar refractivity (Wildman–Crippen MR) is 60.7 cm³/mol. The topological polar surface area (TPSA) is 20.3 Å². The molecule has 1 aliphatic rings. The van der Waals surface area contributed by atoms with Crippen LogP contribution in [-0.4, -0.2) is 23.9 Å². The molecule has 1 saturated heterocycles. The van der Waals surface area contributed by atoms with E-state index >= 15 is 0 Å². The monoisotopic (exact) mass is 239 g/mol. The van der Waals surface area contributed by atoms with Gasteiger partial charge in [-0.1, -0.05) is 12.8 Å². The quantitative estimate of drug-likeness (QED) is 0.737. The Hall–Kier alpha value is -1.45. The lowest BCUT2D eigenvalue weighted by Gasteiger charge is -2.20. The lowest BCUT2D eigenvalue weighted by atomic mass is 10.1. The number of likely N-dealkylation sites (tertiary alicyclic amines) is 1. The zero-order valence-corrected chi connectivity index (χ0v) is 9.59. The highest BCUT2D eigenvalue weighted by molar-refractivity contribution is 5.94. The summed E-state index contributed by atoms with van der Waals surface area (Å²) in [6.07, 6.45) is 4.05. The number of nitrogens with zero attached hydrogens (tertiary/aromatic N) is 1. The third-order valence-electron chi connectivity index (χ3n) is 3.05. The number of amides is 1. The molecule has 0 aromatic heterocycles. The van der Waals surface area contributed by atoms with Crippen molar-refractivity contribution in [2.24, 2.45) is 0 Å². The summed E-state index contributed by atoms with van der Waals surface area (Å²) in [6.45, 7) is 1.27. The second-order valence-electron chi connectivity index (χ2n) is 4.33. The summed E-state index contributed by atoms with van der Waals surface area (Å²) in [5.41, 5.74) is -0.160. The number of carbonyl (C=O) groups excluding carboxylic acids is 1. The maximum absolute atomic E-state index is 13.5. The van der Waals surface area contributed by atoms with Gasteiger partial charge in [-0.3, -0.25) is 4.79 Å². The fourth-order valence-corrected chi connectivity index (χ4v) is 2.11. The average molecular weight is 239 g/mol. The molecule has 0 N–H and O–H groups in total. The molecule has 92 valence electrons. The molecule has 1 aliphatic heterocycles. The van der Waals surface area contributed by atoms with Crippen LogP contribution in [0.25, 0.3) is 0 Å². The van der Waals surface area contributed by atoms with E-state index in [1.807, 2.05) is 0 Å². The number of rotatable bonds is 1. The van der Waals surface area contributed by atoms with Crippen LogP contribution >= 0.6 is 0 Å². The molecule has 0 unspecified atom stereocenters. The number of hydrogen-bond donors (Lipinski definition) is 0. The van der Waals surface area contributed by atoms with Gasteiger partial charge in [0.15, 0.2) is 0 Å². The molecule has 1 aromatic carbocycles. The zero-order valence-electron chi connectivity index (χ0n) is 9.59. The summed E-state index contributed by atoms with van der Waals surface area (Å²) in [6, 6.07) is 3.00. The van der Waals surface area contributed by atoms with E-state index in [9.17, 15) is 13.6 Å². The minimum Gasteiger partial charge on any atom is -0.339 e. The molecular weight excluding hydrogens is 224 g/mol. The van der Waals surface area contributed by atoms with Crippen LogP contribution in [0.2, 0.25) is 0 Å². The first-order valence-electron chi connectivity index (χ1n) is 5.93. The van der Waals surface area contributed by atoms with Crippen LogP contribution in [0.5, 0.6) is 0 Å². The molecule has 0 bridgehead atoms. The van der Waals surface area contributed by atoms with Crippen LogP contribution in [0.15, 0.2) is 18.2 Å². The van der Waals surface area contributed by atoms with E-state index < -0.39 is 17.5 Å². The van der Waals surface area contributed by atoms with Crippen molar-refractivity contribution in [1.29, 1.82) is 0 Å². The Morgan fingerprint density at radius 2 is 1.71 bits per heavy atom. The Morgan fingerprint density at radius 1 is 1.06 bits per heavy atom. The Labute approximate surface area is 99.2 Å². The van der Waals surface area contributed by atoms with Gasteiger partial charge in [0, 0.05) is 13.1 Å². The third-order valence-corrected chi connectivity index (χ3v) is 3.05. The van der Waals surface area contributed by atoms with E-state index in [2.05, 4.69) is 0 Å². The van der Waals surface area contributed by atoms with Crippen molar-refractivity contribution in [2.45, 2.75) is 25.7 Å². The van der Waals surface area contributed by atoms with E-state index in [0.29, 0.717) is 13.1 Å². The van der Waals surface area contributed by atoms with Gasteiger partial charge in [-0.25, -0.2) is 8.78 Å². The lowest BCUT2D eigenvalue weighted by molar-refractivity contribution is 0.0756. The van der Waals surface area contributed by atoms with E-state index in [1.54, 1.807) is 4.90 Å². The number of hydrogen-bond acceptors (Lipinski definition) is 1. The first-order valence-corrected chi connectivity index (χ1v) is 5.93. The Kier molecular flexibility index (Phi) is 3.71. The van der Waals surface area contributed by atoms with Gasteiger partial charge in [-0.2, -0.15) is 0 Å². The molecule has 0 radical (unpaired) electrons. The molecule has 2 rings (SSSR count). The molecule has 2 nitrogen and oxygen atoms in total. The summed E-state index contributed by atoms with van der Waals surface area (Å²) in [4.78, 5) is 13.7. The maximum atomic E-state index is 13.5. The van der Waals surface area contributed by atoms with Gasteiger partial charge in [0.1, 0.15) is 11.6 Å². The SMILES string of the molecule is O=C(c1cc(F)ccc1F)N1CCCCCC1. The summed E-state index contributed by atoms with van der Waals surface area (Å²) in [7, 11) is 0. The minimum absolute atomic E-state index is 0.160. The Morgan fingerprint density at radius 3 is 2.35 bits per heavy atom. The van der Waals surface area contributed by atoms with E-state index in [-0.39, 0.29) is 5.56 Å². The van der Waals surface area contributed by atoms with Crippen LogP contribution in [0.4, 0.5) is 8.78 Å². The molecule has 0 spiro atoms. The van der Waals surface area contributed by atoms with Crippen molar-refractivity contribution in [2.75, 3.05) is 13.1 Å². The zero-order chi connectivity index (χ0) is 12.3. The van der Waals surface area contributed by atoms with Gasteiger partial charge < -0.3 is 4.90 Å². The van der Waals surface area contributed by atoms with Gasteiger partial charge >= 0.3 is 0 Å². The molecule has 1 heterocycles. The van der Waals surface area contributed by atoms with Crippen molar-refractivity contribution in [3.63, 3.8) is 0 Å². The van der Waals surface area contributed by atoms with E-state index in [4.69, 9.17) is 0 Å². The lowest BCUT2D eigenvalue weighted by Crippen LogP contribution is -2.32. The van der Waals surface area contributed by atoms with Crippen LogP contribution in [0.3, 0.4) is 0 Å². The molecule has 4 heteroatoms. The highest BCUT2D eigenvalue weighted by Crippen LogP contribution is 2.16. The molecule has 1 fully saturated rings. The normalized spacial score (nSPS) is 16.7. The summed E-state index contributed by atoms with van der Waals surface area (Å²) in [5.74, 6) is -1.63. The van der Waals surface area contributed by atoms with Crippen molar-refractivity contribution in [3.8, 4) is 0 Å². The first kappa shape index (κ1) is 12.0. The average Bonchev–Trinajstić information content (AvgIpc) is 2.60. The summed E-state index contributed by atoms with van der Waals surface area (Å²) >= 11 is 0. The molecule has 1 aromatic rings. The fourth-order valence-electron chi connectivity index (χ4n) is 2.11. The predicted octanol–water partition coefficient (Wildman–Crippen LogP) is 2.98. The largest absolute Gasteiger partial charge is 0.339 e. The van der Waals surface area contributed by atoms with Gasteiger partial charge in [-0.05, 0) is 31.0 Å². The molecule has 1 amide bonds. The van der Waals surface area contributed by atoms with Crippen LogP contribution in [0, 0.1) is 11.6 Å². The maximum Gasteiger partial charge on any atom is 0.256 e. The molecule has 0 atom stereocenters. The smallest absolute Gasteiger partial charge is 0.256 e. The van der Waals surface area contributed by atoms with E-state index in [1.165, 1.54) is 0 Å². The van der Waals surface area contributed by atoms with E-state index in [0.717, 1.165) is 43.9 Å². The summed E-state index contributed by atoms with van der Waals surface area (Å²) < 4.78 is 26.5.